The number of nitrogens with one attached hydrogen (secondary N) is 1. The standard InChI is InChI=1S/C11H17N3O3S/c1-8-9(14(3)7-12-8)10(15)13-11(2)4-5-18(16,17)6-11/h7H,4-6H2,1-3H3,(H,13,15). The molecule has 0 aromatic carbocycles. The zero-order valence-electron chi connectivity index (χ0n) is 10.7. The average Bonchev–Trinajstić information content (AvgIpc) is 2.67. The summed E-state index contributed by atoms with van der Waals surface area (Å²) in [6, 6.07) is 0. The highest BCUT2D eigenvalue weighted by atomic mass is 32.2. The van der Waals surface area contributed by atoms with E-state index in [4.69, 9.17) is 0 Å². The van der Waals surface area contributed by atoms with Gasteiger partial charge >= 0.3 is 0 Å². The Morgan fingerprint density at radius 3 is 2.67 bits per heavy atom. The fourth-order valence-corrected chi connectivity index (χ4v) is 4.41. The van der Waals surface area contributed by atoms with Crippen molar-refractivity contribution in [2.45, 2.75) is 25.8 Å². The average molecular weight is 271 g/mol. The zero-order valence-corrected chi connectivity index (χ0v) is 11.5. The van der Waals surface area contributed by atoms with E-state index >= 15 is 0 Å². The van der Waals surface area contributed by atoms with Crippen LogP contribution >= 0.6 is 0 Å². The number of hydrogen-bond donors (Lipinski definition) is 1. The first-order chi connectivity index (χ1) is 8.22. The van der Waals surface area contributed by atoms with Gasteiger partial charge in [0.15, 0.2) is 9.84 Å². The van der Waals surface area contributed by atoms with Gasteiger partial charge in [0.2, 0.25) is 0 Å². The third-order valence-corrected chi connectivity index (χ3v) is 5.16. The summed E-state index contributed by atoms with van der Waals surface area (Å²) in [7, 11) is -1.29. The van der Waals surface area contributed by atoms with E-state index in [1.54, 1.807) is 31.8 Å². The van der Waals surface area contributed by atoms with Gasteiger partial charge < -0.3 is 9.88 Å². The monoisotopic (exact) mass is 271 g/mol. The molecule has 0 radical (unpaired) electrons. The molecule has 0 aliphatic carbocycles. The van der Waals surface area contributed by atoms with Gasteiger partial charge in [-0.3, -0.25) is 4.79 Å². The van der Waals surface area contributed by atoms with Gasteiger partial charge in [0.25, 0.3) is 5.91 Å². The van der Waals surface area contributed by atoms with Crippen LogP contribution in [0, 0.1) is 6.92 Å². The minimum Gasteiger partial charge on any atom is -0.344 e. The van der Waals surface area contributed by atoms with Crippen molar-refractivity contribution in [1.82, 2.24) is 14.9 Å². The molecule has 1 atom stereocenters. The van der Waals surface area contributed by atoms with E-state index in [-0.39, 0.29) is 17.4 Å². The van der Waals surface area contributed by atoms with E-state index in [9.17, 15) is 13.2 Å². The van der Waals surface area contributed by atoms with Crippen LogP contribution < -0.4 is 5.32 Å². The molecular formula is C11H17N3O3S. The lowest BCUT2D eigenvalue weighted by Gasteiger charge is -2.24. The predicted octanol–water partition coefficient (Wildman–Crippen LogP) is 0.0355. The number of nitrogens with zero attached hydrogens (tertiary/aromatic N) is 2. The molecule has 7 heteroatoms. The first-order valence-corrected chi connectivity index (χ1v) is 7.55. The molecule has 6 nitrogen and oxygen atoms in total. The SMILES string of the molecule is Cc1ncn(C)c1C(=O)NC1(C)CCS(=O)(=O)C1. The van der Waals surface area contributed by atoms with E-state index in [1.807, 2.05) is 0 Å². The van der Waals surface area contributed by atoms with Crippen molar-refractivity contribution < 1.29 is 13.2 Å². The van der Waals surface area contributed by atoms with Crippen LogP contribution in [0.2, 0.25) is 0 Å². The molecule has 0 bridgehead atoms. The van der Waals surface area contributed by atoms with Crippen LogP contribution in [-0.4, -0.2) is 40.9 Å². The molecular weight excluding hydrogens is 254 g/mol. The lowest BCUT2D eigenvalue weighted by Crippen LogP contribution is -2.47. The van der Waals surface area contributed by atoms with Gasteiger partial charge in [-0.05, 0) is 20.3 Å². The largest absolute Gasteiger partial charge is 0.344 e. The molecule has 2 heterocycles. The van der Waals surface area contributed by atoms with Gasteiger partial charge in [-0.15, -0.1) is 0 Å². The summed E-state index contributed by atoms with van der Waals surface area (Å²) in [6.45, 7) is 3.52. The highest BCUT2D eigenvalue weighted by molar-refractivity contribution is 7.91. The maximum Gasteiger partial charge on any atom is 0.270 e. The number of hydrogen-bond acceptors (Lipinski definition) is 4. The molecule has 1 aliphatic heterocycles. The molecule has 0 spiro atoms. The number of aryl methyl sites for hydroxylation is 2. The van der Waals surface area contributed by atoms with Crippen LogP contribution in [0.4, 0.5) is 0 Å². The van der Waals surface area contributed by atoms with E-state index in [1.165, 1.54) is 0 Å². The normalized spacial score (nSPS) is 26.2. The number of rotatable bonds is 2. The Morgan fingerprint density at radius 1 is 1.56 bits per heavy atom. The third kappa shape index (κ3) is 2.40. The number of amides is 1. The van der Waals surface area contributed by atoms with Crippen molar-refractivity contribution in [2.75, 3.05) is 11.5 Å². The molecule has 1 aromatic heterocycles. The van der Waals surface area contributed by atoms with E-state index < -0.39 is 15.4 Å². The Hall–Kier alpha value is -1.37. The summed E-state index contributed by atoms with van der Waals surface area (Å²) in [4.78, 5) is 16.2. The van der Waals surface area contributed by atoms with Crippen molar-refractivity contribution in [3.05, 3.63) is 17.7 Å². The van der Waals surface area contributed by atoms with E-state index in [2.05, 4.69) is 10.3 Å². The molecule has 1 unspecified atom stereocenters. The fourth-order valence-electron chi connectivity index (χ4n) is 2.31. The third-order valence-electron chi connectivity index (χ3n) is 3.25. The van der Waals surface area contributed by atoms with Crippen molar-refractivity contribution >= 4 is 15.7 Å². The predicted molar refractivity (Wildman–Crippen MR) is 67.1 cm³/mol. The smallest absolute Gasteiger partial charge is 0.270 e. The maximum absolute atomic E-state index is 12.2. The summed E-state index contributed by atoms with van der Waals surface area (Å²) in [5.41, 5.74) is 0.437. The van der Waals surface area contributed by atoms with Gasteiger partial charge in [0.05, 0.1) is 29.1 Å². The van der Waals surface area contributed by atoms with Crippen LogP contribution in [0.25, 0.3) is 0 Å². The Balaban J connectivity index is 2.19. The molecule has 100 valence electrons. The summed E-state index contributed by atoms with van der Waals surface area (Å²) < 4.78 is 24.6. The topological polar surface area (TPSA) is 81.1 Å². The van der Waals surface area contributed by atoms with Crippen LogP contribution in [0.1, 0.15) is 29.5 Å². The zero-order chi connectivity index (χ0) is 13.6. The van der Waals surface area contributed by atoms with Gasteiger partial charge in [-0.1, -0.05) is 0 Å². The molecule has 1 saturated heterocycles. The number of carbonyl (C=O) groups is 1. The maximum atomic E-state index is 12.2. The second kappa shape index (κ2) is 4.08. The fraction of sp³-hybridized carbons (Fsp3) is 0.636. The van der Waals surface area contributed by atoms with Gasteiger partial charge in [-0.2, -0.15) is 0 Å². The number of aromatic nitrogens is 2. The molecule has 1 amide bonds. The van der Waals surface area contributed by atoms with Crippen LogP contribution in [0.5, 0.6) is 0 Å². The Kier molecular flexibility index (Phi) is 2.96. The summed E-state index contributed by atoms with van der Waals surface area (Å²) in [5, 5.41) is 2.82. The molecule has 2 rings (SSSR count). The molecule has 1 aliphatic rings. The first kappa shape index (κ1) is 13.1. The van der Waals surface area contributed by atoms with Gasteiger partial charge in [0, 0.05) is 7.05 Å². The Morgan fingerprint density at radius 2 is 2.22 bits per heavy atom. The van der Waals surface area contributed by atoms with Crippen LogP contribution in [-0.2, 0) is 16.9 Å². The summed E-state index contributed by atoms with van der Waals surface area (Å²) in [6.07, 6.45) is 2.02. The molecule has 18 heavy (non-hydrogen) atoms. The van der Waals surface area contributed by atoms with Crippen molar-refractivity contribution in [3.63, 3.8) is 0 Å². The molecule has 0 saturated carbocycles. The second-order valence-corrected chi connectivity index (χ2v) is 7.33. The second-order valence-electron chi connectivity index (χ2n) is 5.15. The minimum absolute atomic E-state index is 0.00262. The Labute approximate surface area is 106 Å². The van der Waals surface area contributed by atoms with Crippen molar-refractivity contribution in [3.8, 4) is 0 Å². The van der Waals surface area contributed by atoms with Gasteiger partial charge in [0.1, 0.15) is 5.69 Å². The number of carbonyl (C=O) groups excluding carboxylic acids is 1. The van der Waals surface area contributed by atoms with Gasteiger partial charge in [-0.25, -0.2) is 13.4 Å². The first-order valence-electron chi connectivity index (χ1n) is 5.73. The lowest BCUT2D eigenvalue weighted by atomic mass is 10.0. The Bertz CT molecular complexity index is 571. The van der Waals surface area contributed by atoms with Crippen molar-refractivity contribution in [2.24, 2.45) is 7.05 Å². The summed E-state index contributed by atoms with van der Waals surface area (Å²) in [5.74, 6) is -0.136. The molecule has 1 fully saturated rings. The van der Waals surface area contributed by atoms with Crippen molar-refractivity contribution in [1.29, 1.82) is 0 Å². The number of imidazole rings is 1. The quantitative estimate of drug-likeness (QED) is 0.823. The van der Waals surface area contributed by atoms with E-state index in [0.29, 0.717) is 17.8 Å². The highest BCUT2D eigenvalue weighted by Crippen LogP contribution is 2.23. The highest BCUT2D eigenvalue weighted by Gasteiger charge is 2.40. The van der Waals surface area contributed by atoms with Crippen LogP contribution in [0.3, 0.4) is 0 Å². The van der Waals surface area contributed by atoms with E-state index in [0.717, 1.165) is 0 Å². The molecule has 1 N–H and O–H groups in total. The number of sulfone groups is 1. The van der Waals surface area contributed by atoms with Crippen LogP contribution in [0.15, 0.2) is 6.33 Å². The minimum atomic E-state index is -3.03. The lowest BCUT2D eigenvalue weighted by molar-refractivity contribution is 0.0906. The molecule has 1 aromatic rings. The summed E-state index contributed by atoms with van der Waals surface area (Å²) >= 11 is 0.